The van der Waals surface area contributed by atoms with Crippen LogP contribution >= 0.6 is 0 Å². The van der Waals surface area contributed by atoms with Crippen LogP contribution in [0.15, 0.2) is 27.7 Å². The van der Waals surface area contributed by atoms with Gasteiger partial charge >= 0.3 is 5.88 Å². The molecule has 0 unspecified atom stereocenters. The second-order valence-electron chi connectivity index (χ2n) is 6.41. The molecule has 0 aliphatic carbocycles. The topological polar surface area (TPSA) is 131 Å². The molecule has 2 aliphatic rings. The van der Waals surface area contributed by atoms with Gasteiger partial charge in [0.25, 0.3) is 0 Å². The number of aromatic nitrogens is 2. The molecule has 1 N–H and O–H groups in total. The van der Waals surface area contributed by atoms with E-state index >= 15 is 0 Å². The summed E-state index contributed by atoms with van der Waals surface area (Å²) in [6.07, 6.45) is 1.36. The van der Waals surface area contributed by atoms with Crippen LogP contribution in [0.25, 0.3) is 0 Å². The Balaban J connectivity index is 1.53. The number of hydrazone groups is 1. The maximum atomic E-state index is 10.7. The molecule has 12 nitrogen and oxygen atoms in total. The summed E-state index contributed by atoms with van der Waals surface area (Å²) < 4.78 is 15.9. The van der Waals surface area contributed by atoms with Crippen LogP contribution in [0.1, 0.15) is 5.76 Å². The van der Waals surface area contributed by atoms with E-state index in [-0.39, 0.29) is 11.6 Å². The molecular weight excluding hydrogens is 382 g/mol. The van der Waals surface area contributed by atoms with Gasteiger partial charge in [0, 0.05) is 32.2 Å². The van der Waals surface area contributed by atoms with Gasteiger partial charge in [0.05, 0.1) is 38.7 Å². The number of nitrogens with zero attached hydrogens (tertiary/aromatic N) is 6. The van der Waals surface area contributed by atoms with Crippen LogP contribution in [0.3, 0.4) is 0 Å². The Labute approximate surface area is 166 Å². The van der Waals surface area contributed by atoms with E-state index in [0.29, 0.717) is 51.3 Å². The molecule has 0 spiro atoms. The van der Waals surface area contributed by atoms with Crippen LogP contribution in [0.5, 0.6) is 0 Å². The predicted octanol–water partition coefficient (Wildman–Crippen LogP) is 1.10. The summed E-state index contributed by atoms with van der Waals surface area (Å²) in [7, 11) is 0. The number of anilines is 3. The molecule has 29 heavy (non-hydrogen) atoms. The minimum atomic E-state index is -0.599. The summed E-state index contributed by atoms with van der Waals surface area (Å²) in [4.78, 5) is 23.6. The summed E-state index contributed by atoms with van der Waals surface area (Å²) >= 11 is 0. The fraction of sp³-hybridized carbons (Fsp3) is 0.471. The molecule has 0 radical (unpaired) electrons. The number of ether oxygens (including phenoxy) is 2. The fourth-order valence-electron chi connectivity index (χ4n) is 3.01. The number of hydrogen-bond donors (Lipinski definition) is 1. The van der Waals surface area contributed by atoms with Crippen molar-refractivity contribution in [1.82, 2.24) is 9.97 Å². The van der Waals surface area contributed by atoms with E-state index in [1.165, 1.54) is 18.3 Å². The maximum absolute atomic E-state index is 10.7. The lowest BCUT2D eigenvalue weighted by Crippen LogP contribution is -2.39. The Kier molecular flexibility index (Phi) is 5.81. The van der Waals surface area contributed by atoms with Gasteiger partial charge in [-0.2, -0.15) is 15.1 Å². The lowest BCUT2D eigenvalue weighted by molar-refractivity contribution is -0.402. The molecule has 0 bridgehead atoms. The molecule has 2 saturated heterocycles. The lowest BCUT2D eigenvalue weighted by Gasteiger charge is -2.31. The van der Waals surface area contributed by atoms with Gasteiger partial charge in [0.1, 0.15) is 10.7 Å². The number of nitro groups is 1. The molecule has 2 aliphatic heterocycles. The van der Waals surface area contributed by atoms with Gasteiger partial charge in [-0.25, -0.2) is 0 Å². The standard InChI is InChI=1S/C17H21N7O5/c25-24(26)16-2-1-13(29-16)12-18-21-14-11-15(22-3-7-27-8-4-22)20-17(19-14)23-5-9-28-10-6-23/h1-2,11-12H,3-10H2,(H,19,20,21)/b18-12+. The van der Waals surface area contributed by atoms with E-state index in [9.17, 15) is 10.1 Å². The summed E-state index contributed by atoms with van der Waals surface area (Å²) in [5.74, 6) is 1.83. The minimum Gasteiger partial charge on any atom is -0.400 e. The minimum absolute atomic E-state index is 0.264. The molecule has 154 valence electrons. The van der Waals surface area contributed by atoms with E-state index in [2.05, 4.69) is 25.3 Å². The number of rotatable bonds is 6. The highest BCUT2D eigenvalue weighted by Crippen LogP contribution is 2.22. The van der Waals surface area contributed by atoms with Gasteiger partial charge in [0.2, 0.25) is 5.95 Å². The van der Waals surface area contributed by atoms with Gasteiger partial charge in [0.15, 0.2) is 11.6 Å². The van der Waals surface area contributed by atoms with Gasteiger partial charge in [-0.05, 0) is 6.07 Å². The molecule has 4 rings (SSSR count). The van der Waals surface area contributed by atoms with Crippen LogP contribution < -0.4 is 15.2 Å². The Morgan fingerprint density at radius 2 is 1.76 bits per heavy atom. The normalized spacial score (nSPS) is 17.7. The molecule has 2 fully saturated rings. The maximum Gasteiger partial charge on any atom is 0.433 e. The van der Waals surface area contributed by atoms with Gasteiger partial charge in [-0.3, -0.25) is 15.5 Å². The zero-order chi connectivity index (χ0) is 20.1. The molecular formula is C17H21N7O5. The van der Waals surface area contributed by atoms with Crippen molar-refractivity contribution in [2.75, 3.05) is 67.8 Å². The van der Waals surface area contributed by atoms with Gasteiger partial charge in [-0.1, -0.05) is 0 Å². The average Bonchev–Trinajstić information content (AvgIpc) is 3.24. The van der Waals surface area contributed by atoms with Crippen molar-refractivity contribution in [3.05, 3.63) is 34.1 Å². The molecule has 0 atom stereocenters. The quantitative estimate of drug-likeness (QED) is 0.425. The summed E-state index contributed by atoms with van der Waals surface area (Å²) in [6.45, 7) is 5.48. The van der Waals surface area contributed by atoms with E-state index < -0.39 is 4.92 Å². The number of nitrogens with one attached hydrogen (secondary N) is 1. The highest BCUT2D eigenvalue weighted by atomic mass is 16.6. The number of morpholine rings is 2. The second-order valence-corrected chi connectivity index (χ2v) is 6.41. The van der Waals surface area contributed by atoms with Crippen molar-refractivity contribution in [3.8, 4) is 0 Å². The summed E-state index contributed by atoms with van der Waals surface area (Å²) in [6, 6.07) is 4.57. The average molecular weight is 403 g/mol. The smallest absolute Gasteiger partial charge is 0.400 e. The van der Waals surface area contributed by atoms with E-state index in [4.69, 9.17) is 18.9 Å². The Hall–Kier alpha value is -3.25. The Morgan fingerprint density at radius 3 is 2.41 bits per heavy atom. The lowest BCUT2D eigenvalue weighted by atomic mass is 10.4. The molecule has 0 amide bonds. The van der Waals surface area contributed by atoms with E-state index in [0.717, 1.165) is 18.9 Å². The first-order valence-electron chi connectivity index (χ1n) is 9.27. The molecule has 0 saturated carbocycles. The molecule has 0 aromatic carbocycles. The van der Waals surface area contributed by atoms with Crippen molar-refractivity contribution in [2.24, 2.45) is 5.10 Å². The van der Waals surface area contributed by atoms with Crippen LogP contribution in [0.4, 0.5) is 23.5 Å². The highest BCUT2D eigenvalue weighted by Gasteiger charge is 2.19. The van der Waals surface area contributed by atoms with Crippen LogP contribution in [0.2, 0.25) is 0 Å². The van der Waals surface area contributed by atoms with Crippen molar-refractivity contribution >= 4 is 29.7 Å². The first kappa shape index (κ1) is 19.1. The fourth-order valence-corrected chi connectivity index (χ4v) is 3.01. The van der Waals surface area contributed by atoms with Crippen LogP contribution in [-0.4, -0.2) is 73.7 Å². The van der Waals surface area contributed by atoms with Gasteiger partial charge < -0.3 is 23.7 Å². The third kappa shape index (κ3) is 4.78. The monoisotopic (exact) mass is 403 g/mol. The zero-order valence-electron chi connectivity index (χ0n) is 15.7. The largest absolute Gasteiger partial charge is 0.433 e. The summed E-state index contributed by atoms with van der Waals surface area (Å²) in [5, 5.41) is 14.8. The Bertz CT molecular complexity index is 839. The van der Waals surface area contributed by atoms with Crippen molar-refractivity contribution < 1.29 is 18.8 Å². The Morgan fingerprint density at radius 1 is 1.07 bits per heavy atom. The van der Waals surface area contributed by atoms with Crippen molar-refractivity contribution in [3.63, 3.8) is 0 Å². The first-order valence-corrected chi connectivity index (χ1v) is 9.27. The first-order chi connectivity index (χ1) is 14.2. The second kappa shape index (κ2) is 8.84. The number of furan rings is 1. The van der Waals surface area contributed by atoms with E-state index in [1.54, 1.807) is 0 Å². The van der Waals surface area contributed by atoms with Crippen LogP contribution in [-0.2, 0) is 9.47 Å². The number of hydrogen-bond acceptors (Lipinski definition) is 11. The molecule has 4 heterocycles. The summed E-state index contributed by atoms with van der Waals surface area (Å²) in [5.41, 5.74) is 2.86. The molecule has 12 heteroatoms. The molecule has 2 aromatic rings. The van der Waals surface area contributed by atoms with Gasteiger partial charge in [-0.15, -0.1) is 0 Å². The van der Waals surface area contributed by atoms with Crippen molar-refractivity contribution in [2.45, 2.75) is 0 Å². The molecule has 2 aromatic heterocycles. The zero-order valence-corrected chi connectivity index (χ0v) is 15.7. The SMILES string of the molecule is O=[N+]([O-])c1ccc(/C=N/Nc2cc(N3CCOCC3)nc(N3CCOCC3)n2)o1. The predicted molar refractivity (Wildman–Crippen MR) is 105 cm³/mol. The van der Waals surface area contributed by atoms with Crippen molar-refractivity contribution in [1.29, 1.82) is 0 Å². The van der Waals surface area contributed by atoms with Crippen LogP contribution in [0, 0.1) is 10.1 Å². The third-order valence-corrected chi connectivity index (χ3v) is 4.49. The van der Waals surface area contributed by atoms with E-state index in [1.807, 2.05) is 6.07 Å². The highest BCUT2D eigenvalue weighted by molar-refractivity contribution is 5.77. The third-order valence-electron chi connectivity index (χ3n) is 4.49.